The number of hydrogen-bond acceptors (Lipinski definition) is 3. The summed E-state index contributed by atoms with van der Waals surface area (Å²) in [6, 6.07) is 7.52. The summed E-state index contributed by atoms with van der Waals surface area (Å²) < 4.78 is 5.07. The van der Waals surface area contributed by atoms with Crippen LogP contribution in [0.25, 0.3) is 0 Å². The van der Waals surface area contributed by atoms with E-state index in [1.807, 2.05) is 31.2 Å². The zero-order chi connectivity index (χ0) is 15.0. The lowest BCUT2D eigenvalue weighted by Crippen LogP contribution is -2.36. The van der Waals surface area contributed by atoms with Gasteiger partial charge in [0.1, 0.15) is 12.3 Å². The number of aryl methyl sites for hydroxylation is 1. The Morgan fingerprint density at radius 2 is 1.90 bits per heavy atom. The maximum Gasteiger partial charge on any atom is 0.323 e. The Balaban J connectivity index is 2.52. The SMILES string of the molecule is CCCN(CC(=O)O)C(=O)CCc1ccc(OC)cc1. The molecule has 0 aliphatic heterocycles. The number of carboxylic acids is 1. The molecule has 0 bridgehead atoms. The highest BCUT2D eigenvalue weighted by Crippen LogP contribution is 2.13. The molecule has 0 aromatic heterocycles. The Hall–Kier alpha value is -2.04. The largest absolute Gasteiger partial charge is 0.497 e. The number of carboxylic acid groups (broad SMARTS) is 1. The smallest absolute Gasteiger partial charge is 0.323 e. The van der Waals surface area contributed by atoms with Gasteiger partial charge in [0.2, 0.25) is 5.91 Å². The third-order valence-corrected chi connectivity index (χ3v) is 2.96. The van der Waals surface area contributed by atoms with Crippen molar-refractivity contribution in [1.29, 1.82) is 0 Å². The van der Waals surface area contributed by atoms with Crippen LogP contribution in [0.1, 0.15) is 25.3 Å². The lowest BCUT2D eigenvalue weighted by Gasteiger charge is -2.19. The standard InChI is InChI=1S/C15H21NO4/c1-3-10-16(11-15(18)19)14(17)9-6-12-4-7-13(20-2)8-5-12/h4-5,7-8H,3,6,9-11H2,1-2H3,(H,18,19). The van der Waals surface area contributed by atoms with E-state index in [0.717, 1.165) is 17.7 Å². The number of amides is 1. The molecule has 1 aromatic carbocycles. The highest BCUT2D eigenvalue weighted by Gasteiger charge is 2.15. The minimum absolute atomic E-state index is 0.120. The van der Waals surface area contributed by atoms with Gasteiger partial charge in [-0.2, -0.15) is 0 Å². The van der Waals surface area contributed by atoms with E-state index in [1.165, 1.54) is 4.90 Å². The summed E-state index contributed by atoms with van der Waals surface area (Å²) in [5, 5.41) is 8.79. The number of ether oxygens (including phenoxy) is 1. The van der Waals surface area contributed by atoms with Gasteiger partial charge in [-0.25, -0.2) is 0 Å². The average molecular weight is 279 g/mol. The molecule has 0 atom stereocenters. The van der Waals surface area contributed by atoms with E-state index in [-0.39, 0.29) is 12.5 Å². The van der Waals surface area contributed by atoms with Crippen molar-refractivity contribution in [3.63, 3.8) is 0 Å². The van der Waals surface area contributed by atoms with Gasteiger partial charge in [0.25, 0.3) is 0 Å². The van der Waals surface area contributed by atoms with Gasteiger partial charge in [0.15, 0.2) is 0 Å². The number of carbonyl (C=O) groups is 2. The Labute approximate surface area is 119 Å². The van der Waals surface area contributed by atoms with E-state index in [1.54, 1.807) is 7.11 Å². The van der Waals surface area contributed by atoms with E-state index in [9.17, 15) is 9.59 Å². The van der Waals surface area contributed by atoms with E-state index in [2.05, 4.69) is 0 Å². The number of nitrogens with zero attached hydrogens (tertiary/aromatic N) is 1. The topological polar surface area (TPSA) is 66.8 Å². The third-order valence-electron chi connectivity index (χ3n) is 2.96. The van der Waals surface area contributed by atoms with Crippen LogP contribution in [0, 0.1) is 0 Å². The molecular formula is C15H21NO4. The maximum absolute atomic E-state index is 12.0. The molecule has 20 heavy (non-hydrogen) atoms. The first kappa shape index (κ1) is 16.0. The Kier molecular flexibility index (Phi) is 6.56. The van der Waals surface area contributed by atoms with Crippen LogP contribution in [-0.4, -0.2) is 42.1 Å². The van der Waals surface area contributed by atoms with Crippen molar-refractivity contribution >= 4 is 11.9 Å². The van der Waals surface area contributed by atoms with Gasteiger partial charge in [-0.15, -0.1) is 0 Å². The van der Waals surface area contributed by atoms with Crippen LogP contribution in [0.15, 0.2) is 24.3 Å². The minimum atomic E-state index is -0.976. The maximum atomic E-state index is 12.0. The normalized spacial score (nSPS) is 10.1. The quantitative estimate of drug-likeness (QED) is 0.790. The first-order chi connectivity index (χ1) is 9.56. The van der Waals surface area contributed by atoms with Gasteiger partial charge < -0.3 is 14.7 Å². The molecule has 0 spiro atoms. The van der Waals surface area contributed by atoms with Gasteiger partial charge >= 0.3 is 5.97 Å². The lowest BCUT2D eigenvalue weighted by molar-refractivity contribution is -0.144. The molecule has 1 N–H and O–H groups in total. The zero-order valence-corrected chi connectivity index (χ0v) is 12.0. The van der Waals surface area contributed by atoms with Crippen LogP contribution in [0.4, 0.5) is 0 Å². The van der Waals surface area contributed by atoms with E-state index in [0.29, 0.717) is 19.4 Å². The zero-order valence-electron chi connectivity index (χ0n) is 12.0. The van der Waals surface area contributed by atoms with Crippen LogP contribution in [0.5, 0.6) is 5.75 Å². The van der Waals surface area contributed by atoms with Crippen LogP contribution in [0.3, 0.4) is 0 Å². The number of rotatable bonds is 8. The lowest BCUT2D eigenvalue weighted by atomic mass is 10.1. The molecule has 1 amide bonds. The number of carbonyl (C=O) groups excluding carboxylic acids is 1. The predicted octanol–water partition coefficient (Wildman–Crippen LogP) is 1.95. The summed E-state index contributed by atoms with van der Waals surface area (Å²) in [7, 11) is 1.60. The van der Waals surface area contributed by atoms with Gasteiger partial charge in [-0.3, -0.25) is 9.59 Å². The van der Waals surface area contributed by atoms with Crippen LogP contribution in [-0.2, 0) is 16.0 Å². The van der Waals surface area contributed by atoms with Crippen LogP contribution in [0.2, 0.25) is 0 Å². The highest BCUT2D eigenvalue weighted by atomic mass is 16.5. The first-order valence-electron chi connectivity index (χ1n) is 6.69. The fraction of sp³-hybridized carbons (Fsp3) is 0.467. The van der Waals surface area contributed by atoms with E-state index in [4.69, 9.17) is 9.84 Å². The second-order valence-electron chi connectivity index (χ2n) is 4.56. The van der Waals surface area contributed by atoms with E-state index < -0.39 is 5.97 Å². The molecule has 0 saturated heterocycles. The van der Waals surface area contributed by atoms with Crippen molar-refractivity contribution in [2.45, 2.75) is 26.2 Å². The molecule has 0 heterocycles. The van der Waals surface area contributed by atoms with Crippen molar-refractivity contribution in [2.75, 3.05) is 20.2 Å². The molecule has 0 fully saturated rings. The minimum Gasteiger partial charge on any atom is -0.497 e. The Bertz CT molecular complexity index is 442. The summed E-state index contributed by atoms with van der Waals surface area (Å²) >= 11 is 0. The van der Waals surface area contributed by atoms with Crippen LogP contribution < -0.4 is 4.74 Å². The van der Waals surface area contributed by atoms with Gasteiger partial charge in [0, 0.05) is 13.0 Å². The number of hydrogen-bond donors (Lipinski definition) is 1. The second kappa shape index (κ2) is 8.19. The van der Waals surface area contributed by atoms with Crippen LogP contribution >= 0.6 is 0 Å². The summed E-state index contributed by atoms with van der Waals surface area (Å²) in [6.07, 6.45) is 1.67. The molecule has 110 valence electrons. The second-order valence-corrected chi connectivity index (χ2v) is 4.56. The first-order valence-corrected chi connectivity index (χ1v) is 6.69. The average Bonchev–Trinajstić information content (AvgIpc) is 2.44. The molecule has 0 saturated carbocycles. The number of methoxy groups -OCH3 is 1. The number of benzene rings is 1. The molecule has 5 nitrogen and oxygen atoms in total. The molecule has 0 unspecified atom stereocenters. The molecule has 0 aliphatic carbocycles. The molecule has 0 radical (unpaired) electrons. The predicted molar refractivity (Wildman–Crippen MR) is 75.8 cm³/mol. The van der Waals surface area contributed by atoms with Crippen molar-refractivity contribution in [3.8, 4) is 5.75 Å². The fourth-order valence-corrected chi connectivity index (χ4v) is 1.93. The summed E-state index contributed by atoms with van der Waals surface area (Å²) in [5.41, 5.74) is 1.03. The molecule has 5 heteroatoms. The monoisotopic (exact) mass is 279 g/mol. The van der Waals surface area contributed by atoms with Gasteiger partial charge in [-0.1, -0.05) is 19.1 Å². The van der Waals surface area contributed by atoms with Crippen molar-refractivity contribution in [1.82, 2.24) is 4.90 Å². The van der Waals surface area contributed by atoms with Crippen molar-refractivity contribution in [3.05, 3.63) is 29.8 Å². The molecule has 1 rings (SSSR count). The van der Waals surface area contributed by atoms with Gasteiger partial charge in [0.05, 0.1) is 7.11 Å². The fourth-order valence-electron chi connectivity index (χ4n) is 1.93. The summed E-state index contributed by atoms with van der Waals surface area (Å²) in [6.45, 7) is 2.18. The molecule has 1 aromatic rings. The molecule has 0 aliphatic rings. The number of aliphatic carboxylic acids is 1. The summed E-state index contributed by atoms with van der Waals surface area (Å²) in [5.74, 6) is -0.320. The molecular weight excluding hydrogens is 258 g/mol. The highest BCUT2D eigenvalue weighted by molar-refractivity contribution is 5.81. The summed E-state index contributed by atoms with van der Waals surface area (Å²) in [4.78, 5) is 24.1. The Morgan fingerprint density at radius 3 is 2.40 bits per heavy atom. The third kappa shape index (κ3) is 5.30. The van der Waals surface area contributed by atoms with Crippen molar-refractivity contribution < 1.29 is 19.4 Å². The van der Waals surface area contributed by atoms with Gasteiger partial charge in [-0.05, 0) is 30.5 Å². The Morgan fingerprint density at radius 1 is 1.25 bits per heavy atom. The van der Waals surface area contributed by atoms with Crippen molar-refractivity contribution in [2.24, 2.45) is 0 Å². The van der Waals surface area contributed by atoms with E-state index >= 15 is 0 Å².